The second kappa shape index (κ2) is 5.23. The summed E-state index contributed by atoms with van der Waals surface area (Å²) in [5.41, 5.74) is 5.29. The van der Waals surface area contributed by atoms with Gasteiger partial charge >= 0.3 is 0 Å². The first kappa shape index (κ1) is 12.0. The standard InChI is InChI=1S/C12H13ClN4/c1-8-4-5-9(7-16-8)11(17-14)12-10(13)3-2-6-15-12/h2-7,11,17H,14H2,1H3. The van der Waals surface area contributed by atoms with E-state index >= 15 is 0 Å². The van der Waals surface area contributed by atoms with Crippen molar-refractivity contribution in [3.63, 3.8) is 0 Å². The number of nitrogens with two attached hydrogens (primary N) is 1. The van der Waals surface area contributed by atoms with E-state index < -0.39 is 0 Å². The maximum absolute atomic E-state index is 6.10. The minimum absolute atomic E-state index is 0.253. The molecular formula is C12H13ClN4. The lowest BCUT2D eigenvalue weighted by Gasteiger charge is -2.16. The molecule has 88 valence electrons. The Bertz CT molecular complexity index is 498. The third-order valence-electron chi connectivity index (χ3n) is 2.49. The molecule has 0 aliphatic rings. The number of nitrogens with one attached hydrogen (secondary N) is 1. The van der Waals surface area contributed by atoms with Gasteiger partial charge in [-0.1, -0.05) is 17.7 Å². The van der Waals surface area contributed by atoms with Crippen molar-refractivity contribution in [2.45, 2.75) is 13.0 Å². The van der Waals surface area contributed by atoms with Crippen LogP contribution in [0.1, 0.15) is 23.0 Å². The highest BCUT2D eigenvalue weighted by molar-refractivity contribution is 6.31. The zero-order valence-electron chi connectivity index (χ0n) is 9.39. The molecule has 4 nitrogen and oxygen atoms in total. The predicted octanol–water partition coefficient (Wildman–Crippen LogP) is 1.99. The van der Waals surface area contributed by atoms with Crippen LogP contribution >= 0.6 is 11.6 Å². The molecule has 2 heterocycles. The summed E-state index contributed by atoms with van der Waals surface area (Å²) in [7, 11) is 0. The Hall–Kier alpha value is -1.49. The lowest BCUT2D eigenvalue weighted by atomic mass is 10.1. The molecule has 1 unspecified atom stereocenters. The Morgan fingerprint density at radius 2 is 2.12 bits per heavy atom. The number of nitrogens with zero attached hydrogens (tertiary/aromatic N) is 2. The van der Waals surface area contributed by atoms with Gasteiger partial charge in [-0.2, -0.15) is 0 Å². The van der Waals surface area contributed by atoms with E-state index in [1.54, 1.807) is 24.5 Å². The molecule has 0 bridgehead atoms. The average Bonchev–Trinajstić information content (AvgIpc) is 2.35. The summed E-state index contributed by atoms with van der Waals surface area (Å²) < 4.78 is 0. The summed E-state index contributed by atoms with van der Waals surface area (Å²) in [4.78, 5) is 8.48. The smallest absolute Gasteiger partial charge is 0.0911 e. The van der Waals surface area contributed by atoms with E-state index in [0.717, 1.165) is 11.3 Å². The highest BCUT2D eigenvalue weighted by Gasteiger charge is 2.16. The van der Waals surface area contributed by atoms with Crippen molar-refractivity contribution >= 4 is 11.6 Å². The van der Waals surface area contributed by atoms with Gasteiger partial charge in [-0.25, -0.2) is 5.43 Å². The third kappa shape index (κ3) is 2.61. The summed E-state index contributed by atoms with van der Waals surface area (Å²) in [6.07, 6.45) is 3.46. The van der Waals surface area contributed by atoms with Crippen LogP contribution in [0, 0.1) is 6.92 Å². The van der Waals surface area contributed by atoms with Crippen LogP contribution in [-0.4, -0.2) is 9.97 Å². The van der Waals surface area contributed by atoms with Crippen LogP contribution < -0.4 is 11.3 Å². The summed E-state index contributed by atoms with van der Waals surface area (Å²) >= 11 is 6.10. The number of aryl methyl sites for hydroxylation is 1. The Labute approximate surface area is 105 Å². The Morgan fingerprint density at radius 1 is 1.29 bits per heavy atom. The van der Waals surface area contributed by atoms with Gasteiger partial charge in [0, 0.05) is 18.1 Å². The number of halogens is 1. The molecule has 5 heteroatoms. The zero-order chi connectivity index (χ0) is 12.3. The van der Waals surface area contributed by atoms with Crippen LogP contribution in [-0.2, 0) is 0 Å². The number of hydrogen-bond acceptors (Lipinski definition) is 4. The van der Waals surface area contributed by atoms with Gasteiger partial charge < -0.3 is 0 Å². The first-order valence-corrected chi connectivity index (χ1v) is 5.59. The van der Waals surface area contributed by atoms with Crippen molar-refractivity contribution in [1.29, 1.82) is 0 Å². The number of rotatable bonds is 3. The average molecular weight is 249 g/mol. The summed E-state index contributed by atoms with van der Waals surface area (Å²) in [6.45, 7) is 1.93. The van der Waals surface area contributed by atoms with E-state index in [1.165, 1.54) is 0 Å². The van der Waals surface area contributed by atoms with E-state index in [2.05, 4.69) is 15.4 Å². The van der Waals surface area contributed by atoms with Crippen molar-refractivity contribution < 1.29 is 0 Å². The van der Waals surface area contributed by atoms with Crippen LogP contribution in [0.4, 0.5) is 0 Å². The fraction of sp³-hybridized carbons (Fsp3) is 0.167. The van der Waals surface area contributed by atoms with Gasteiger partial charge in [0.25, 0.3) is 0 Å². The summed E-state index contributed by atoms with van der Waals surface area (Å²) in [6, 6.07) is 7.20. The van der Waals surface area contributed by atoms with E-state index in [4.69, 9.17) is 17.4 Å². The topological polar surface area (TPSA) is 63.8 Å². The highest BCUT2D eigenvalue weighted by Crippen LogP contribution is 2.25. The molecule has 0 saturated carbocycles. The van der Waals surface area contributed by atoms with Crippen molar-refractivity contribution in [3.05, 3.63) is 58.6 Å². The summed E-state index contributed by atoms with van der Waals surface area (Å²) in [5.74, 6) is 5.57. The minimum atomic E-state index is -0.253. The molecular weight excluding hydrogens is 236 g/mol. The van der Waals surface area contributed by atoms with Gasteiger partial charge in [0.05, 0.1) is 16.8 Å². The molecule has 0 saturated heterocycles. The van der Waals surface area contributed by atoms with Gasteiger partial charge in [0.2, 0.25) is 0 Å². The Balaban J connectivity index is 2.40. The minimum Gasteiger partial charge on any atom is -0.271 e. The van der Waals surface area contributed by atoms with E-state index in [9.17, 15) is 0 Å². The SMILES string of the molecule is Cc1ccc(C(NN)c2ncccc2Cl)cn1. The van der Waals surface area contributed by atoms with Crippen LogP contribution in [0.5, 0.6) is 0 Å². The number of aromatic nitrogens is 2. The molecule has 2 aromatic rings. The van der Waals surface area contributed by atoms with Crippen molar-refractivity contribution in [2.75, 3.05) is 0 Å². The third-order valence-corrected chi connectivity index (χ3v) is 2.81. The summed E-state index contributed by atoms with van der Waals surface area (Å²) in [5, 5.41) is 0.580. The molecule has 0 radical (unpaired) electrons. The molecule has 3 N–H and O–H groups in total. The maximum atomic E-state index is 6.10. The van der Waals surface area contributed by atoms with Crippen LogP contribution in [0.3, 0.4) is 0 Å². The molecule has 1 atom stereocenters. The van der Waals surface area contributed by atoms with Gasteiger partial charge in [-0.15, -0.1) is 0 Å². The highest BCUT2D eigenvalue weighted by atomic mass is 35.5. The van der Waals surface area contributed by atoms with E-state index in [1.807, 2.05) is 19.1 Å². The van der Waals surface area contributed by atoms with Crippen molar-refractivity contribution in [2.24, 2.45) is 5.84 Å². The van der Waals surface area contributed by atoms with Gasteiger partial charge in [0.1, 0.15) is 0 Å². The molecule has 2 rings (SSSR count). The molecule has 0 spiro atoms. The van der Waals surface area contributed by atoms with Crippen LogP contribution in [0.2, 0.25) is 5.02 Å². The van der Waals surface area contributed by atoms with Gasteiger partial charge in [0.15, 0.2) is 0 Å². The molecule has 2 aromatic heterocycles. The normalized spacial score (nSPS) is 12.4. The van der Waals surface area contributed by atoms with E-state index in [-0.39, 0.29) is 6.04 Å². The lowest BCUT2D eigenvalue weighted by Crippen LogP contribution is -2.29. The molecule has 17 heavy (non-hydrogen) atoms. The predicted molar refractivity (Wildman–Crippen MR) is 67.4 cm³/mol. The molecule has 0 aliphatic carbocycles. The van der Waals surface area contributed by atoms with Gasteiger partial charge in [-0.3, -0.25) is 15.8 Å². The second-order valence-electron chi connectivity index (χ2n) is 3.70. The number of pyridine rings is 2. The van der Waals surface area contributed by atoms with Gasteiger partial charge in [-0.05, 0) is 30.7 Å². The molecule has 0 amide bonds. The quantitative estimate of drug-likeness (QED) is 0.644. The monoisotopic (exact) mass is 248 g/mol. The fourth-order valence-corrected chi connectivity index (χ4v) is 1.82. The first-order chi connectivity index (χ1) is 8.22. The second-order valence-corrected chi connectivity index (χ2v) is 4.11. The van der Waals surface area contributed by atoms with Crippen molar-refractivity contribution in [3.8, 4) is 0 Å². The Morgan fingerprint density at radius 3 is 2.71 bits per heavy atom. The fourth-order valence-electron chi connectivity index (χ4n) is 1.59. The first-order valence-electron chi connectivity index (χ1n) is 5.21. The van der Waals surface area contributed by atoms with E-state index in [0.29, 0.717) is 10.7 Å². The van der Waals surface area contributed by atoms with Crippen LogP contribution in [0.25, 0.3) is 0 Å². The lowest BCUT2D eigenvalue weighted by molar-refractivity contribution is 0.618. The zero-order valence-corrected chi connectivity index (χ0v) is 10.1. The largest absolute Gasteiger partial charge is 0.271 e. The molecule has 0 aromatic carbocycles. The number of hydrazine groups is 1. The van der Waals surface area contributed by atoms with Crippen molar-refractivity contribution in [1.82, 2.24) is 15.4 Å². The number of hydrogen-bond donors (Lipinski definition) is 2. The molecule has 0 fully saturated rings. The molecule has 0 aliphatic heterocycles. The maximum Gasteiger partial charge on any atom is 0.0911 e. The van der Waals surface area contributed by atoms with Crippen LogP contribution in [0.15, 0.2) is 36.7 Å². The Kier molecular flexibility index (Phi) is 3.68.